The van der Waals surface area contributed by atoms with Crippen molar-refractivity contribution in [2.75, 3.05) is 20.0 Å². The number of methoxy groups -OCH3 is 2. The second-order valence-corrected chi connectivity index (χ2v) is 4.54. The molecule has 2 aromatic rings. The molecule has 0 amide bonds. The molecule has 2 rings (SSSR count). The summed E-state index contributed by atoms with van der Waals surface area (Å²) in [6, 6.07) is 9.79. The van der Waals surface area contributed by atoms with E-state index in [0.717, 1.165) is 0 Å². The number of hydrogen-bond acceptors (Lipinski definition) is 4. The third kappa shape index (κ3) is 2.70. The van der Waals surface area contributed by atoms with Gasteiger partial charge in [0.25, 0.3) is 0 Å². The van der Waals surface area contributed by atoms with Crippen LogP contribution in [0.25, 0.3) is 0 Å². The smallest absolute Gasteiger partial charge is 0.198 e. The monoisotopic (exact) mass is 291 g/mol. The van der Waals surface area contributed by atoms with Gasteiger partial charge >= 0.3 is 0 Å². The Hall–Kier alpha value is -2.20. The van der Waals surface area contributed by atoms with Gasteiger partial charge in [0.2, 0.25) is 0 Å². The van der Waals surface area contributed by atoms with Gasteiger partial charge in [0.15, 0.2) is 5.78 Å². The van der Waals surface area contributed by atoms with Gasteiger partial charge in [0.05, 0.1) is 24.8 Å². The summed E-state index contributed by atoms with van der Waals surface area (Å²) in [7, 11) is 3.04. The Morgan fingerprint density at radius 3 is 2.40 bits per heavy atom. The summed E-state index contributed by atoms with van der Waals surface area (Å²) in [5.74, 6) is 0.787. The molecule has 0 saturated heterocycles. The molecule has 0 fully saturated rings. The Kier molecular flexibility index (Phi) is 4.15. The first kappa shape index (κ1) is 14.2. The number of ketones is 1. The Bertz CT molecular complexity index is 656. The first-order chi connectivity index (χ1) is 9.56. The lowest BCUT2D eigenvalue weighted by molar-refractivity contribution is 0.103. The van der Waals surface area contributed by atoms with Crippen LogP contribution in [0.5, 0.6) is 11.5 Å². The lowest BCUT2D eigenvalue weighted by Gasteiger charge is -2.10. The number of hydrogen-bond donors (Lipinski definition) is 1. The van der Waals surface area contributed by atoms with Crippen molar-refractivity contribution in [1.29, 1.82) is 0 Å². The molecule has 0 bridgehead atoms. The van der Waals surface area contributed by atoms with Gasteiger partial charge in [-0.1, -0.05) is 11.6 Å². The maximum Gasteiger partial charge on any atom is 0.198 e. The van der Waals surface area contributed by atoms with Crippen molar-refractivity contribution < 1.29 is 14.3 Å². The lowest BCUT2D eigenvalue weighted by Crippen LogP contribution is -2.05. The van der Waals surface area contributed by atoms with Crippen LogP contribution in [0.15, 0.2) is 36.4 Å². The number of benzene rings is 2. The van der Waals surface area contributed by atoms with Crippen LogP contribution in [-0.4, -0.2) is 20.0 Å². The second kappa shape index (κ2) is 5.84. The minimum atomic E-state index is -0.245. The number of rotatable bonds is 4. The van der Waals surface area contributed by atoms with Crippen LogP contribution in [0.1, 0.15) is 15.9 Å². The van der Waals surface area contributed by atoms with Gasteiger partial charge in [-0.3, -0.25) is 4.79 Å². The van der Waals surface area contributed by atoms with Crippen LogP contribution in [0.3, 0.4) is 0 Å². The molecule has 0 spiro atoms. The van der Waals surface area contributed by atoms with E-state index < -0.39 is 0 Å². The quantitative estimate of drug-likeness (QED) is 0.694. The molecule has 0 aliphatic carbocycles. The molecule has 20 heavy (non-hydrogen) atoms. The molecule has 0 aromatic heterocycles. The van der Waals surface area contributed by atoms with E-state index >= 15 is 0 Å². The van der Waals surface area contributed by atoms with Gasteiger partial charge < -0.3 is 15.2 Å². The Labute approximate surface area is 122 Å². The highest BCUT2D eigenvalue weighted by Gasteiger charge is 2.18. The zero-order chi connectivity index (χ0) is 14.7. The molecule has 0 radical (unpaired) electrons. The van der Waals surface area contributed by atoms with Gasteiger partial charge in [-0.15, -0.1) is 0 Å². The minimum absolute atomic E-state index is 0.245. The molecular weight excluding hydrogens is 278 g/mol. The van der Waals surface area contributed by atoms with Crippen LogP contribution in [0.4, 0.5) is 5.69 Å². The zero-order valence-electron chi connectivity index (χ0n) is 11.1. The third-order valence-corrected chi connectivity index (χ3v) is 3.20. The summed E-state index contributed by atoms with van der Waals surface area (Å²) in [6.45, 7) is 0. The fourth-order valence-corrected chi connectivity index (χ4v) is 2.13. The van der Waals surface area contributed by atoms with Gasteiger partial charge in [-0.2, -0.15) is 0 Å². The second-order valence-electron chi connectivity index (χ2n) is 4.13. The first-order valence-electron chi connectivity index (χ1n) is 5.88. The normalized spacial score (nSPS) is 10.2. The van der Waals surface area contributed by atoms with Crippen molar-refractivity contribution in [3.63, 3.8) is 0 Å². The first-order valence-corrected chi connectivity index (χ1v) is 6.26. The molecule has 4 nitrogen and oxygen atoms in total. The van der Waals surface area contributed by atoms with Crippen molar-refractivity contribution in [2.24, 2.45) is 0 Å². The zero-order valence-corrected chi connectivity index (χ0v) is 11.9. The van der Waals surface area contributed by atoms with E-state index in [2.05, 4.69) is 0 Å². The molecule has 2 aromatic carbocycles. The summed E-state index contributed by atoms with van der Waals surface area (Å²) >= 11 is 6.07. The number of ether oxygens (including phenoxy) is 2. The molecule has 5 heteroatoms. The van der Waals surface area contributed by atoms with E-state index in [0.29, 0.717) is 33.3 Å². The molecule has 0 heterocycles. The predicted molar refractivity (Wildman–Crippen MR) is 78.8 cm³/mol. The van der Waals surface area contributed by atoms with Crippen LogP contribution < -0.4 is 15.2 Å². The van der Waals surface area contributed by atoms with Crippen molar-refractivity contribution in [3.05, 3.63) is 52.5 Å². The third-order valence-electron chi connectivity index (χ3n) is 2.89. The van der Waals surface area contributed by atoms with E-state index in [4.69, 9.17) is 26.8 Å². The molecule has 0 aliphatic rings. The molecule has 0 atom stereocenters. The molecule has 104 valence electrons. The number of nitrogens with two attached hydrogens (primary N) is 1. The molecule has 0 aliphatic heterocycles. The van der Waals surface area contributed by atoms with Crippen molar-refractivity contribution in [1.82, 2.24) is 0 Å². The van der Waals surface area contributed by atoms with Crippen molar-refractivity contribution >= 4 is 23.1 Å². The Morgan fingerprint density at radius 2 is 1.80 bits per heavy atom. The standard InChI is InChI=1S/C15H14ClNO3/c1-19-10-4-6-14(20-2)12(8-10)15(18)11-5-3-9(17)7-13(11)16/h3-8H,17H2,1-2H3. The number of carbonyl (C=O) groups excluding carboxylic acids is 1. The Balaban J connectivity index is 2.51. The van der Waals surface area contributed by atoms with Crippen molar-refractivity contribution in [2.45, 2.75) is 0 Å². The maximum absolute atomic E-state index is 12.6. The maximum atomic E-state index is 12.6. The molecule has 2 N–H and O–H groups in total. The van der Waals surface area contributed by atoms with E-state index in [1.54, 1.807) is 36.4 Å². The lowest BCUT2D eigenvalue weighted by atomic mass is 10.0. The van der Waals surface area contributed by atoms with Gasteiger partial charge in [0, 0.05) is 11.3 Å². The van der Waals surface area contributed by atoms with Crippen LogP contribution in [-0.2, 0) is 0 Å². The minimum Gasteiger partial charge on any atom is -0.497 e. The van der Waals surface area contributed by atoms with E-state index in [1.165, 1.54) is 14.2 Å². The van der Waals surface area contributed by atoms with E-state index in [1.807, 2.05) is 0 Å². The average Bonchev–Trinajstić information content (AvgIpc) is 2.46. The van der Waals surface area contributed by atoms with Crippen molar-refractivity contribution in [3.8, 4) is 11.5 Å². The highest BCUT2D eigenvalue weighted by Crippen LogP contribution is 2.29. The number of nitrogen functional groups attached to an aromatic ring is 1. The Morgan fingerprint density at radius 1 is 1.05 bits per heavy atom. The summed E-state index contributed by atoms with van der Waals surface area (Å²) in [4.78, 5) is 12.6. The predicted octanol–water partition coefficient (Wildman–Crippen LogP) is 3.17. The van der Waals surface area contributed by atoms with Crippen LogP contribution >= 0.6 is 11.6 Å². The SMILES string of the molecule is COc1ccc(OC)c(C(=O)c2ccc(N)cc2Cl)c1. The fourth-order valence-electron chi connectivity index (χ4n) is 1.85. The average molecular weight is 292 g/mol. The fraction of sp³-hybridized carbons (Fsp3) is 0.133. The van der Waals surface area contributed by atoms with Gasteiger partial charge in [0.1, 0.15) is 11.5 Å². The summed E-state index contributed by atoms with van der Waals surface area (Å²) < 4.78 is 10.3. The number of anilines is 1. The van der Waals surface area contributed by atoms with E-state index in [9.17, 15) is 4.79 Å². The number of carbonyl (C=O) groups is 1. The molecular formula is C15H14ClNO3. The number of halogens is 1. The summed E-state index contributed by atoms with van der Waals surface area (Å²) in [5, 5.41) is 0.305. The highest BCUT2D eigenvalue weighted by atomic mass is 35.5. The van der Waals surface area contributed by atoms with Crippen LogP contribution in [0, 0.1) is 0 Å². The largest absolute Gasteiger partial charge is 0.497 e. The molecule has 0 unspecified atom stereocenters. The summed E-state index contributed by atoms with van der Waals surface area (Å²) in [5.41, 5.74) is 6.89. The van der Waals surface area contributed by atoms with E-state index in [-0.39, 0.29) is 5.78 Å². The van der Waals surface area contributed by atoms with Gasteiger partial charge in [-0.05, 0) is 36.4 Å². The molecule has 0 saturated carbocycles. The topological polar surface area (TPSA) is 61.5 Å². The summed E-state index contributed by atoms with van der Waals surface area (Å²) in [6.07, 6.45) is 0. The van der Waals surface area contributed by atoms with Crippen LogP contribution in [0.2, 0.25) is 5.02 Å². The highest BCUT2D eigenvalue weighted by molar-refractivity contribution is 6.35. The van der Waals surface area contributed by atoms with Gasteiger partial charge in [-0.25, -0.2) is 0 Å².